The number of hydrogen-bond donors (Lipinski definition) is 1. The Bertz CT molecular complexity index is 820. The Balaban J connectivity index is 1.97. The van der Waals surface area contributed by atoms with Gasteiger partial charge in [-0.1, -0.05) is 18.2 Å². The number of aromatic carboxylic acids is 1. The molecule has 108 valence electrons. The first kappa shape index (κ1) is 14.2. The molecule has 3 rings (SSSR count). The number of carboxylic acid groups (broad SMARTS) is 1. The molecule has 0 saturated carbocycles. The molecule has 1 N–H and O–H groups in total. The topological polar surface area (TPSA) is 55.1 Å². The Morgan fingerprint density at radius 1 is 1.43 bits per heavy atom. The molecule has 0 aliphatic rings. The van der Waals surface area contributed by atoms with Crippen molar-refractivity contribution in [1.29, 1.82) is 0 Å². The molecule has 3 aromatic rings. The van der Waals surface area contributed by atoms with Gasteiger partial charge in [-0.2, -0.15) is 5.10 Å². The molecule has 4 nitrogen and oxygen atoms in total. The lowest BCUT2D eigenvalue weighted by Crippen LogP contribution is -1.97. The summed E-state index contributed by atoms with van der Waals surface area (Å²) in [6.07, 6.45) is 0. The van der Waals surface area contributed by atoms with E-state index in [1.54, 1.807) is 11.8 Å². The molecule has 2 aromatic heterocycles. The van der Waals surface area contributed by atoms with Crippen molar-refractivity contribution in [2.24, 2.45) is 7.05 Å². The van der Waals surface area contributed by atoms with Gasteiger partial charge in [-0.15, -0.1) is 23.1 Å². The Morgan fingerprint density at radius 3 is 2.86 bits per heavy atom. The van der Waals surface area contributed by atoms with Gasteiger partial charge in [0.05, 0.1) is 10.7 Å². The predicted molar refractivity (Wildman–Crippen MR) is 86.3 cm³/mol. The van der Waals surface area contributed by atoms with Gasteiger partial charge in [0.2, 0.25) is 0 Å². The number of aryl methyl sites for hydroxylation is 2. The van der Waals surface area contributed by atoms with E-state index in [9.17, 15) is 9.90 Å². The van der Waals surface area contributed by atoms with E-state index in [1.165, 1.54) is 11.3 Å². The number of benzene rings is 1. The van der Waals surface area contributed by atoms with Crippen molar-refractivity contribution in [3.8, 4) is 0 Å². The normalized spacial score (nSPS) is 11.1. The standard InChI is InChI=1S/C15H14N2O2S2/c1-9-7-13(17(2)16-9)20-8-11-10-5-3-4-6-12(10)21-14(11)15(18)19/h3-7H,8H2,1-2H3,(H,18,19). The molecule has 2 heterocycles. The molecule has 0 bridgehead atoms. The highest BCUT2D eigenvalue weighted by Crippen LogP contribution is 2.35. The summed E-state index contributed by atoms with van der Waals surface area (Å²) in [5, 5.41) is 15.8. The van der Waals surface area contributed by atoms with E-state index in [0.717, 1.165) is 26.4 Å². The van der Waals surface area contributed by atoms with Crippen LogP contribution in [-0.4, -0.2) is 20.9 Å². The van der Waals surface area contributed by atoms with Gasteiger partial charge in [-0.05, 0) is 30.0 Å². The average Bonchev–Trinajstić information content (AvgIpc) is 2.96. The smallest absolute Gasteiger partial charge is 0.346 e. The van der Waals surface area contributed by atoms with Crippen LogP contribution < -0.4 is 0 Å². The fourth-order valence-corrected chi connectivity index (χ4v) is 4.51. The number of fused-ring (bicyclic) bond motifs is 1. The zero-order valence-electron chi connectivity index (χ0n) is 11.7. The van der Waals surface area contributed by atoms with E-state index in [1.807, 2.05) is 49.0 Å². The van der Waals surface area contributed by atoms with Gasteiger partial charge in [-0.3, -0.25) is 4.68 Å². The van der Waals surface area contributed by atoms with Crippen molar-refractivity contribution in [1.82, 2.24) is 9.78 Å². The Labute approximate surface area is 130 Å². The lowest BCUT2D eigenvalue weighted by atomic mass is 10.1. The second kappa shape index (κ2) is 5.54. The third kappa shape index (κ3) is 2.69. The van der Waals surface area contributed by atoms with Crippen LogP contribution in [0.5, 0.6) is 0 Å². The lowest BCUT2D eigenvalue weighted by molar-refractivity contribution is 0.0701. The molecule has 0 fully saturated rings. The molecule has 6 heteroatoms. The number of thioether (sulfide) groups is 1. The highest BCUT2D eigenvalue weighted by molar-refractivity contribution is 7.98. The van der Waals surface area contributed by atoms with Crippen LogP contribution in [0.2, 0.25) is 0 Å². The predicted octanol–water partition coefficient (Wildman–Crippen LogP) is 3.93. The van der Waals surface area contributed by atoms with Crippen LogP contribution in [0.1, 0.15) is 20.9 Å². The summed E-state index contributed by atoms with van der Waals surface area (Å²) in [4.78, 5) is 11.9. The van der Waals surface area contributed by atoms with Gasteiger partial charge >= 0.3 is 5.97 Å². The summed E-state index contributed by atoms with van der Waals surface area (Å²) in [5.74, 6) is -0.224. The molecule has 0 amide bonds. The monoisotopic (exact) mass is 318 g/mol. The lowest BCUT2D eigenvalue weighted by Gasteiger charge is -2.03. The van der Waals surface area contributed by atoms with Crippen molar-refractivity contribution in [3.63, 3.8) is 0 Å². The average molecular weight is 318 g/mol. The van der Waals surface area contributed by atoms with Gasteiger partial charge in [0.1, 0.15) is 4.88 Å². The van der Waals surface area contributed by atoms with Crippen molar-refractivity contribution in [3.05, 3.63) is 46.5 Å². The van der Waals surface area contributed by atoms with Gasteiger partial charge in [-0.25, -0.2) is 4.79 Å². The van der Waals surface area contributed by atoms with Gasteiger partial charge < -0.3 is 5.11 Å². The molecular weight excluding hydrogens is 304 g/mol. The molecule has 0 saturated heterocycles. The first-order chi connectivity index (χ1) is 10.1. The van der Waals surface area contributed by atoms with Gasteiger partial charge in [0.15, 0.2) is 0 Å². The van der Waals surface area contributed by atoms with Crippen LogP contribution in [-0.2, 0) is 12.8 Å². The molecule has 1 aromatic carbocycles. The summed E-state index contributed by atoms with van der Waals surface area (Å²) in [7, 11) is 1.90. The second-order valence-corrected chi connectivity index (χ2v) is 6.80. The van der Waals surface area contributed by atoms with Crippen LogP contribution in [0.15, 0.2) is 35.4 Å². The van der Waals surface area contributed by atoms with Crippen LogP contribution in [0.25, 0.3) is 10.1 Å². The van der Waals surface area contributed by atoms with Crippen LogP contribution in [0.3, 0.4) is 0 Å². The van der Waals surface area contributed by atoms with Crippen LogP contribution >= 0.6 is 23.1 Å². The fourth-order valence-electron chi connectivity index (χ4n) is 2.28. The zero-order chi connectivity index (χ0) is 15.0. The third-order valence-corrected chi connectivity index (χ3v) is 5.53. The van der Waals surface area contributed by atoms with E-state index in [2.05, 4.69) is 5.10 Å². The quantitative estimate of drug-likeness (QED) is 0.740. The van der Waals surface area contributed by atoms with Crippen molar-refractivity contribution < 1.29 is 9.90 Å². The number of rotatable bonds is 4. The number of carboxylic acids is 1. The van der Waals surface area contributed by atoms with Gasteiger partial charge in [0, 0.05) is 17.5 Å². The minimum atomic E-state index is -0.854. The molecule has 0 aliphatic heterocycles. The maximum atomic E-state index is 11.5. The number of hydrogen-bond acceptors (Lipinski definition) is 4. The SMILES string of the molecule is Cc1cc(SCc2c(C(=O)O)sc3ccccc23)n(C)n1. The number of aromatic nitrogens is 2. The van der Waals surface area contributed by atoms with E-state index in [4.69, 9.17) is 0 Å². The highest BCUT2D eigenvalue weighted by atomic mass is 32.2. The fraction of sp³-hybridized carbons (Fsp3) is 0.200. The summed E-state index contributed by atoms with van der Waals surface area (Å²) in [6.45, 7) is 1.95. The first-order valence-electron chi connectivity index (χ1n) is 6.43. The largest absolute Gasteiger partial charge is 0.477 e. The van der Waals surface area contributed by atoms with Crippen LogP contribution in [0, 0.1) is 6.92 Å². The van der Waals surface area contributed by atoms with E-state index in [-0.39, 0.29) is 0 Å². The molecule has 0 unspecified atom stereocenters. The summed E-state index contributed by atoms with van der Waals surface area (Å²) < 4.78 is 2.85. The Hall–Kier alpha value is -1.79. The zero-order valence-corrected chi connectivity index (χ0v) is 13.3. The minimum Gasteiger partial charge on any atom is -0.477 e. The maximum absolute atomic E-state index is 11.5. The summed E-state index contributed by atoms with van der Waals surface area (Å²) >= 11 is 2.96. The van der Waals surface area contributed by atoms with Crippen molar-refractivity contribution in [2.45, 2.75) is 17.7 Å². The maximum Gasteiger partial charge on any atom is 0.346 e. The van der Waals surface area contributed by atoms with Gasteiger partial charge in [0.25, 0.3) is 0 Å². The second-order valence-electron chi connectivity index (χ2n) is 4.75. The molecule has 0 aliphatic carbocycles. The van der Waals surface area contributed by atoms with Crippen LogP contribution in [0.4, 0.5) is 0 Å². The summed E-state index contributed by atoms with van der Waals surface area (Å²) in [6, 6.07) is 9.85. The Kier molecular flexibility index (Phi) is 3.73. The molecule has 21 heavy (non-hydrogen) atoms. The molecular formula is C15H14N2O2S2. The van der Waals surface area contributed by atoms with Crippen molar-refractivity contribution >= 4 is 39.2 Å². The highest BCUT2D eigenvalue weighted by Gasteiger charge is 2.18. The van der Waals surface area contributed by atoms with E-state index in [0.29, 0.717) is 10.6 Å². The minimum absolute atomic E-state index is 0.433. The number of nitrogens with zero attached hydrogens (tertiary/aromatic N) is 2. The van der Waals surface area contributed by atoms with E-state index < -0.39 is 5.97 Å². The number of carbonyl (C=O) groups is 1. The molecule has 0 atom stereocenters. The van der Waals surface area contributed by atoms with E-state index >= 15 is 0 Å². The number of thiophene rings is 1. The van der Waals surface area contributed by atoms with Crippen molar-refractivity contribution in [2.75, 3.05) is 0 Å². The Morgan fingerprint density at radius 2 is 2.19 bits per heavy atom. The first-order valence-corrected chi connectivity index (χ1v) is 8.23. The third-order valence-electron chi connectivity index (χ3n) is 3.22. The molecule has 0 radical (unpaired) electrons. The summed E-state index contributed by atoms with van der Waals surface area (Å²) in [5.41, 5.74) is 1.86. The molecule has 0 spiro atoms.